The fourth-order valence-electron chi connectivity index (χ4n) is 2.01. The molecule has 0 N–H and O–H groups in total. The van der Waals surface area contributed by atoms with Crippen molar-refractivity contribution in [2.75, 3.05) is 0 Å². The smallest absolute Gasteiger partial charge is 0.249 e. The van der Waals surface area contributed by atoms with Crippen molar-refractivity contribution in [1.29, 1.82) is 0 Å². The van der Waals surface area contributed by atoms with Gasteiger partial charge in [-0.3, -0.25) is 4.98 Å². The van der Waals surface area contributed by atoms with Gasteiger partial charge in [0.15, 0.2) is 0 Å². The minimum absolute atomic E-state index is 0.514. The van der Waals surface area contributed by atoms with Gasteiger partial charge in [0.2, 0.25) is 23.5 Å². The van der Waals surface area contributed by atoms with Gasteiger partial charge in [0.25, 0.3) is 0 Å². The molecule has 0 amide bonds. The van der Waals surface area contributed by atoms with Crippen LogP contribution >= 0.6 is 0 Å². The van der Waals surface area contributed by atoms with Gasteiger partial charge < -0.3 is 8.94 Å². The first kappa shape index (κ1) is 16.5. The molecule has 0 aliphatic heterocycles. The van der Waals surface area contributed by atoms with Crippen molar-refractivity contribution in [3.8, 4) is 22.8 Å². The van der Waals surface area contributed by atoms with Gasteiger partial charge in [-0.25, -0.2) is 0 Å². The van der Waals surface area contributed by atoms with E-state index in [9.17, 15) is 0 Å². The Labute approximate surface area is 144 Å². The molecule has 0 aliphatic rings. The highest BCUT2D eigenvalue weighted by Crippen LogP contribution is 2.15. The number of aromatic nitrogens is 5. The summed E-state index contributed by atoms with van der Waals surface area (Å²) in [5.41, 5.74) is 1.84. The van der Waals surface area contributed by atoms with Gasteiger partial charge in [-0.1, -0.05) is 42.4 Å². The summed E-state index contributed by atoms with van der Waals surface area (Å²) in [7, 11) is 0. The molecule has 4 rings (SSSR count). The normalized spacial score (nSPS) is 10.2. The number of rotatable bonds is 3. The molecule has 4 aromatic rings. The van der Waals surface area contributed by atoms with E-state index in [0.717, 1.165) is 17.5 Å². The van der Waals surface area contributed by atoms with Crippen molar-refractivity contribution in [1.82, 2.24) is 25.3 Å². The zero-order chi connectivity index (χ0) is 17.5. The van der Waals surface area contributed by atoms with Gasteiger partial charge in [0.05, 0.1) is 5.56 Å². The van der Waals surface area contributed by atoms with Crippen LogP contribution in [0, 0.1) is 6.92 Å². The predicted octanol–water partition coefficient (Wildman–Crippen LogP) is 3.74. The fourth-order valence-corrected chi connectivity index (χ4v) is 2.01. The molecule has 126 valence electrons. The quantitative estimate of drug-likeness (QED) is 0.563. The second-order valence-corrected chi connectivity index (χ2v) is 5.10. The first-order valence-corrected chi connectivity index (χ1v) is 7.84. The Balaban J connectivity index is 0.000000146. The third-order valence-corrected chi connectivity index (χ3v) is 3.24. The molecule has 0 fully saturated rings. The molecule has 0 unspecified atom stereocenters. The lowest BCUT2D eigenvalue weighted by atomic mass is 10.2. The van der Waals surface area contributed by atoms with Gasteiger partial charge in [0, 0.05) is 31.3 Å². The van der Waals surface area contributed by atoms with Crippen molar-refractivity contribution in [2.45, 2.75) is 20.3 Å². The van der Waals surface area contributed by atoms with E-state index in [-0.39, 0.29) is 0 Å². The molecular formula is C18H17N5O2. The summed E-state index contributed by atoms with van der Waals surface area (Å²) in [6.45, 7) is 3.75. The van der Waals surface area contributed by atoms with Crippen LogP contribution in [0.15, 0.2) is 63.8 Å². The number of hydrogen-bond acceptors (Lipinski definition) is 7. The maximum Gasteiger partial charge on any atom is 0.249 e. The Morgan fingerprint density at radius 2 is 1.76 bits per heavy atom. The van der Waals surface area contributed by atoms with Gasteiger partial charge >= 0.3 is 0 Å². The number of benzene rings is 1. The van der Waals surface area contributed by atoms with E-state index in [4.69, 9.17) is 8.94 Å². The molecule has 1 aromatic carbocycles. The summed E-state index contributed by atoms with van der Waals surface area (Å²) in [5, 5.41) is 11.4. The van der Waals surface area contributed by atoms with Crippen molar-refractivity contribution < 1.29 is 8.94 Å². The third-order valence-electron chi connectivity index (χ3n) is 3.24. The Morgan fingerprint density at radius 3 is 2.36 bits per heavy atom. The molecule has 0 bridgehead atoms. The molecule has 0 atom stereocenters. The molecular weight excluding hydrogens is 318 g/mol. The summed E-state index contributed by atoms with van der Waals surface area (Å²) in [6.07, 6.45) is 4.17. The average Bonchev–Trinajstić information content (AvgIpc) is 3.33. The van der Waals surface area contributed by atoms with Crippen LogP contribution in [0.3, 0.4) is 0 Å². The van der Waals surface area contributed by atoms with Crippen LogP contribution in [0.1, 0.15) is 18.7 Å². The second-order valence-electron chi connectivity index (χ2n) is 5.10. The van der Waals surface area contributed by atoms with E-state index in [1.54, 1.807) is 19.3 Å². The van der Waals surface area contributed by atoms with Crippen molar-refractivity contribution in [2.24, 2.45) is 0 Å². The first-order valence-electron chi connectivity index (χ1n) is 7.84. The summed E-state index contributed by atoms with van der Waals surface area (Å²) < 4.78 is 10.2. The van der Waals surface area contributed by atoms with Gasteiger partial charge in [-0.2, -0.15) is 4.98 Å². The van der Waals surface area contributed by atoms with Crippen LogP contribution in [0.2, 0.25) is 0 Å². The van der Waals surface area contributed by atoms with E-state index < -0.39 is 0 Å². The Morgan fingerprint density at radius 1 is 0.960 bits per heavy atom. The molecule has 0 aliphatic carbocycles. The highest BCUT2D eigenvalue weighted by molar-refractivity contribution is 5.53. The Bertz CT molecular complexity index is 903. The van der Waals surface area contributed by atoms with Gasteiger partial charge in [0.1, 0.15) is 0 Å². The SMILES string of the molecule is CCc1nc(-c2ccccc2)no1.Cc1nnc(-c2cccnc2)o1. The standard InChI is InChI=1S/C10H10N2O.C8H7N3O/c1-2-9-11-10(12-13-9)8-6-4-3-5-7-8;1-6-10-11-8(12-6)7-3-2-4-9-5-7/h3-7H,2H2,1H3;2-5H,1H3. The molecule has 7 heteroatoms. The van der Waals surface area contributed by atoms with Crippen LogP contribution in [-0.2, 0) is 6.42 Å². The minimum atomic E-state index is 0.514. The van der Waals surface area contributed by atoms with Crippen LogP contribution in [0.5, 0.6) is 0 Å². The van der Waals surface area contributed by atoms with Crippen LogP contribution in [0.25, 0.3) is 22.8 Å². The fraction of sp³-hybridized carbons (Fsp3) is 0.167. The number of pyridine rings is 1. The van der Waals surface area contributed by atoms with E-state index in [2.05, 4.69) is 25.3 Å². The zero-order valence-corrected chi connectivity index (χ0v) is 14.0. The average molecular weight is 335 g/mol. The van der Waals surface area contributed by atoms with Gasteiger partial charge in [-0.15, -0.1) is 10.2 Å². The highest BCUT2D eigenvalue weighted by Gasteiger charge is 2.05. The predicted molar refractivity (Wildman–Crippen MR) is 91.4 cm³/mol. The summed E-state index contributed by atoms with van der Waals surface area (Å²) in [6, 6.07) is 13.5. The molecule has 3 heterocycles. The maximum atomic E-state index is 5.21. The topological polar surface area (TPSA) is 90.7 Å². The third kappa shape index (κ3) is 4.35. The summed E-state index contributed by atoms with van der Waals surface area (Å²) in [5.74, 6) is 2.42. The lowest BCUT2D eigenvalue weighted by molar-refractivity contribution is 0.383. The maximum absolute atomic E-state index is 5.21. The zero-order valence-electron chi connectivity index (χ0n) is 14.0. The molecule has 7 nitrogen and oxygen atoms in total. The lowest BCUT2D eigenvalue weighted by Crippen LogP contribution is -1.80. The van der Waals surface area contributed by atoms with Crippen molar-refractivity contribution in [3.05, 3.63) is 66.6 Å². The number of nitrogens with zero attached hydrogens (tertiary/aromatic N) is 5. The molecule has 25 heavy (non-hydrogen) atoms. The Kier molecular flexibility index (Phi) is 5.26. The van der Waals surface area contributed by atoms with Crippen LogP contribution in [0.4, 0.5) is 0 Å². The molecule has 0 saturated heterocycles. The van der Waals surface area contributed by atoms with E-state index in [1.165, 1.54) is 0 Å². The van der Waals surface area contributed by atoms with Gasteiger partial charge in [-0.05, 0) is 12.1 Å². The van der Waals surface area contributed by atoms with Crippen molar-refractivity contribution >= 4 is 0 Å². The van der Waals surface area contributed by atoms with E-state index in [0.29, 0.717) is 23.5 Å². The molecule has 0 spiro atoms. The largest absolute Gasteiger partial charge is 0.421 e. The van der Waals surface area contributed by atoms with E-state index in [1.807, 2.05) is 49.4 Å². The Hall–Kier alpha value is -3.35. The van der Waals surface area contributed by atoms with Crippen LogP contribution in [-0.4, -0.2) is 25.3 Å². The highest BCUT2D eigenvalue weighted by atomic mass is 16.5. The first-order chi connectivity index (χ1) is 12.3. The second kappa shape index (κ2) is 7.96. The van der Waals surface area contributed by atoms with E-state index >= 15 is 0 Å². The van der Waals surface area contributed by atoms with Crippen LogP contribution < -0.4 is 0 Å². The summed E-state index contributed by atoms with van der Waals surface area (Å²) >= 11 is 0. The molecule has 0 radical (unpaired) electrons. The molecule has 3 aromatic heterocycles. The minimum Gasteiger partial charge on any atom is -0.421 e. The number of hydrogen-bond donors (Lipinski definition) is 0. The number of aryl methyl sites for hydroxylation is 2. The van der Waals surface area contributed by atoms with Crippen molar-refractivity contribution in [3.63, 3.8) is 0 Å². The molecule has 0 saturated carbocycles. The monoisotopic (exact) mass is 335 g/mol. The lowest BCUT2D eigenvalue weighted by Gasteiger charge is -1.89. The summed E-state index contributed by atoms with van der Waals surface area (Å²) in [4.78, 5) is 8.16.